The number of ether oxygens (including phenoxy) is 2. The molecule has 1 aliphatic heterocycles. The van der Waals surface area contributed by atoms with Crippen LogP contribution in [0.5, 0.6) is 11.5 Å². The number of methoxy groups -OCH3 is 1. The summed E-state index contributed by atoms with van der Waals surface area (Å²) in [6, 6.07) is 15.4. The monoisotopic (exact) mass is 515 g/mol. The highest BCUT2D eigenvalue weighted by molar-refractivity contribution is 5.84. The molecule has 200 valence electrons. The van der Waals surface area contributed by atoms with E-state index in [4.69, 9.17) is 15.2 Å². The van der Waals surface area contributed by atoms with E-state index in [0.717, 1.165) is 49.0 Å². The number of aromatic nitrogens is 2. The van der Waals surface area contributed by atoms with Gasteiger partial charge < -0.3 is 24.7 Å². The van der Waals surface area contributed by atoms with Crippen LogP contribution in [0.3, 0.4) is 0 Å². The molecule has 1 aromatic heterocycles. The van der Waals surface area contributed by atoms with Crippen LogP contribution >= 0.6 is 0 Å². The van der Waals surface area contributed by atoms with Gasteiger partial charge in [0.25, 0.3) is 0 Å². The first-order valence-corrected chi connectivity index (χ1v) is 13.1. The Kier molecular flexibility index (Phi) is 8.50. The molecular formula is C30H37N5O3. The molecule has 2 heterocycles. The molecule has 4 rings (SSSR count). The first kappa shape index (κ1) is 27.4. The SMILES string of the molecule is COCC[C@@H](C)N1CCCCC(c2cccc(Oc3cc(C(C)(N)c4cncn4C)ccc3C#N)c2)C1=O. The number of nitrogens with two attached hydrogens (primary N) is 1. The second-order valence-corrected chi connectivity index (χ2v) is 10.3. The number of nitriles is 1. The van der Waals surface area contributed by atoms with Crippen molar-refractivity contribution in [2.45, 2.75) is 57.0 Å². The van der Waals surface area contributed by atoms with E-state index < -0.39 is 5.54 Å². The molecule has 0 aliphatic carbocycles. The smallest absolute Gasteiger partial charge is 0.230 e. The van der Waals surface area contributed by atoms with Crippen molar-refractivity contribution in [3.63, 3.8) is 0 Å². The minimum absolute atomic E-state index is 0.119. The fourth-order valence-electron chi connectivity index (χ4n) is 5.20. The zero-order valence-corrected chi connectivity index (χ0v) is 22.7. The maximum Gasteiger partial charge on any atom is 0.230 e. The lowest BCUT2D eigenvalue weighted by Gasteiger charge is -2.30. The fraction of sp³-hybridized carbons (Fsp3) is 0.433. The van der Waals surface area contributed by atoms with Gasteiger partial charge in [-0.25, -0.2) is 4.98 Å². The third-order valence-corrected chi connectivity index (χ3v) is 7.53. The van der Waals surface area contributed by atoms with Gasteiger partial charge in [-0.05, 0) is 68.5 Å². The molecule has 1 aliphatic rings. The van der Waals surface area contributed by atoms with Crippen molar-refractivity contribution in [2.24, 2.45) is 12.8 Å². The van der Waals surface area contributed by atoms with E-state index in [0.29, 0.717) is 23.7 Å². The number of carbonyl (C=O) groups excluding carboxylic acids is 1. The lowest BCUT2D eigenvalue weighted by molar-refractivity contribution is -0.134. The Morgan fingerprint density at radius 1 is 1.26 bits per heavy atom. The molecule has 3 atom stereocenters. The summed E-state index contributed by atoms with van der Waals surface area (Å²) in [5.74, 6) is 0.914. The summed E-state index contributed by atoms with van der Waals surface area (Å²) in [6.07, 6.45) is 7.03. The van der Waals surface area contributed by atoms with E-state index in [9.17, 15) is 10.1 Å². The van der Waals surface area contributed by atoms with Gasteiger partial charge in [-0.2, -0.15) is 5.26 Å². The van der Waals surface area contributed by atoms with Crippen LogP contribution in [0.2, 0.25) is 0 Å². The van der Waals surface area contributed by atoms with Crippen LogP contribution < -0.4 is 10.5 Å². The second kappa shape index (κ2) is 11.8. The Morgan fingerprint density at radius 3 is 2.79 bits per heavy atom. The van der Waals surface area contributed by atoms with Crippen LogP contribution in [0.1, 0.15) is 67.8 Å². The molecule has 0 saturated carbocycles. The second-order valence-electron chi connectivity index (χ2n) is 10.3. The Balaban J connectivity index is 1.61. The molecule has 38 heavy (non-hydrogen) atoms. The van der Waals surface area contributed by atoms with Gasteiger partial charge in [0, 0.05) is 33.4 Å². The van der Waals surface area contributed by atoms with Gasteiger partial charge in [-0.3, -0.25) is 4.79 Å². The van der Waals surface area contributed by atoms with Gasteiger partial charge in [0.2, 0.25) is 5.91 Å². The fourth-order valence-corrected chi connectivity index (χ4v) is 5.20. The molecule has 1 fully saturated rings. The topological polar surface area (TPSA) is 106 Å². The third kappa shape index (κ3) is 5.74. The van der Waals surface area contributed by atoms with Gasteiger partial charge in [-0.1, -0.05) is 24.6 Å². The molecule has 8 heteroatoms. The molecule has 2 N–H and O–H groups in total. The zero-order chi connectivity index (χ0) is 27.3. The number of carbonyl (C=O) groups is 1. The predicted molar refractivity (Wildman–Crippen MR) is 146 cm³/mol. The molecule has 0 bridgehead atoms. The van der Waals surface area contributed by atoms with E-state index in [1.54, 1.807) is 25.7 Å². The predicted octanol–water partition coefficient (Wildman–Crippen LogP) is 4.83. The quantitative estimate of drug-likeness (QED) is 0.438. The Morgan fingerprint density at radius 2 is 2.08 bits per heavy atom. The molecule has 0 radical (unpaired) electrons. The molecule has 2 aromatic carbocycles. The Bertz CT molecular complexity index is 1310. The number of nitrogens with zero attached hydrogens (tertiary/aromatic N) is 4. The number of rotatable bonds is 9. The highest BCUT2D eigenvalue weighted by Gasteiger charge is 2.31. The maximum absolute atomic E-state index is 13.6. The summed E-state index contributed by atoms with van der Waals surface area (Å²) in [4.78, 5) is 19.8. The summed E-state index contributed by atoms with van der Waals surface area (Å²) < 4.78 is 13.4. The number of hydrogen-bond donors (Lipinski definition) is 1. The first-order valence-electron chi connectivity index (χ1n) is 13.1. The normalized spacial score (nSPS) is 18.4. The van der Waals surface area contributed by atoms with Crippen molar-refractivity contribution >= 4 is 5.91 Å². The average Bonchev–Trinajstić information content (AvgIpc) is 3.26. The van der Waals surface area contributed by atoms with Gasteiger partial charge in [0.1, 0.15) is 17.6 Å². The average molecular weight is 516 g/mol. The van der Waals surface area contributed by atoms with E-state index in [-0.39, 0.29) is 17.9 Å². The number of hydrogen-bond acceptors (Lipinski definition) is 6. The number of imidazole rings is 1. The van der Waals surface area contributed by atoms with E-state index in [1.807, 2.05) is 59.8 Å². The highest BCUT2D eigenvalue weighted by atomic mass is 16.5. The largest absolute Gasteiger partial charge is 0.456 e. The van der Waals surface area contributed by atoms with Crippen LogP contribution in [-0.2, 0) is 22.1 Å². The van der Waals surface area contributed by atoms with Crippen LogP contribution in [-0.4, -0.2) is 46.7 Å². The minimum Gasteiger partial charge on any atom is -0.456 e. The Labute approximate surface area is 225 Å². The van der Waals surface area contributed by atoms with Crippen molar-refractivity contribution in [3.8, 4) is 17.6 Å². The van der Waals surface area contributed by atoms with Crippen molar-refractivity contribution < 1.29 is 14.3 Å². The zero-order valence-electron chi connectivity index (χ0n) is 22.7. The molecular weight excluding hydrogens is 478 g/mol. The van der Waals surface area contributed by atoms with Gasteiger partial charge >= 0.3 is 0 Å². The van der Waals surface area contributed by atoms with E-state index in [1.165, 1.54) is 0 Å². The molecule has 1 saturated heterocycles. The maximum atomic E-state index is 13.6. The molecule has 1 amide bonds. The molecule has 8 nitrogen and oxygen atoms in total. The van der Waals surface area contributed by atoms with Gasteiger partial charge in [0.05, 0.1) is 35.2 Å². The van der Waals surface area contributed by atoms with E-state index >= 15 is 0 Å². The van der Waals surface area contributed by atoms with Gasteiger partial charge in [0.15, 0.2) is 0 Å². The molecule has 2 unspecified atom stereocenters. The van der Waals surface area contributed by atoms with Crippen LogP contribution in [0.4, 0.5) is 0 Å². The van der Waals surface area contributed by atoms with E-state index in [2.05, 4.69) is 18.0 Å². The third-order valence-electron chi connectivity index (χ3n) is 7.53. The standard InChI is InChI=1S/C30H37N5O3/c1-21(13-15-37-4)35-14-6-5-10-26(29(35)36)22-8-7-9-25(16-22)38-27-17-24(12-11-23(27)18-31)30(2,32)28-19-33-20-34(28)3/h7-9,11-12,16-17,19-21,26H,5-6,10,13-15,32H2,1-4H3/t21-,26?,30?/m1/s1. The summed E-state index contributed by atoms with van der Waals surface area (Å²) in [6.45, 7) is 5.39. The van der Waals surface area contributed by atoms with Crippen LogP contribution in [0, 0.1) is 11.3 Å². The van der Waals surface area contributed by atoms with Crippen molar-refractivity contribution in [3.05, 3.63) is 77.4 Å². The summed E-state index contributed by atoms with van der Waals surface area (Å²) in [5.41, 5.74) is 8.86. The molecule has 0 spiro atoms. The summed E-state index contributed by atoms with van der Waals surface area (Å²) in [7, 11) is 3.58. The van der Waals surface area contributed by atoms with Crippen molar-refractivity contribution in [1.82, 2.24) is 14.5 Å². The van der Waals surface area contributed by atoms with Crippen LogP contribution in [0.25, 0.3) is 0 Å². The lowest BCUT2D eigenvalue weighted by atomic mass is 9.89. The number of benzene rings is 2. The first-order chi connectivity index (χ1) is 18.3. The lowest BCUT2D eigenvalue weighted by Crippen LogP contribution is -2.41. The number of aryl methyl sites for hydroxylation is 1. The van der Waals surface area contributed by atoms with Crippen molar-refractivity contribution in [1.29, 1.82) is 5.26 Å². The number of amides is 1. The van der Waals surface area contributed by atoms with Crippen LogP contribution in [0.15, 0.2) is 55.0 Å². The molecule has 3 aromatic rings. The summed E-state index contributed by atoms with van der Waals surface area (Å²) >= 11 is 0. The summed E-state index contributed by atoms with van der Waals surface area (Å²) in [5, 5.41) is 9.75. The highest BCUT2D eigenvalue weighted by Crippen LogP contribution is 2.35. The van der Waals surface area contributed by atoms with Gasteiger partial charge in [-0.15, -0.1) is 0 Å². The Hall–Kier alpha value is -3.67. The minimum atomic E-state index is -0.838. The number of likely N-dealkylation sites (tertiary alicyclic amines) is 1. The van der Waals surface area contributed by atoms with Crippen molar-refractivity contribution in [2.75, 3.05) is 20.3 Å².